The summed E-state index contributed by atoms with van der Waals surface area (Å²) in [6.07, 6.45) is 3.88. The molecule has 1 saturated heterocycles. The van der Waals surface area contributed by atoms with Gasteiger partial charge in [0, 0.05) is 24.1 Å². The van der Waals surface area contributed by atoms with E-state index in [-0.39, 0.29) is 5.82 Å². The summed E-state index contributed by atoms with van der Waals surface area (Å²) >= 11 is 3.56. The first-order valence-corrected chi connectivity index (χ1v) is 5.68. The maximum atomic E-state index is 13.4. The van der Waals surface area contributed by atoms with E-state index in [4.69, 9.17) is 0 Å². The molecule has 0 aliphatic carbocycles. The van der Waals surface area contributed by atoms with Gasteiger partial charge in [0.15, 0.2) is 11.6 Å². The lowest BCUT2D eigenvalue weighted by Crippen LogP contribution is -2.36. The van der Waals surface area contributed by atoms with Gasteiger partial charge in [0.05, 0.1) is 0 Å². The van der Waals surface area contributed by atoms with Crippen LogP contribution in [-0.4, -0.2) is 22.9 Å². The molecule has 76 valence electrons. The molecule has 1 aliphatic rings. The Labute approximate surface area is 91.3 Å². The zero-order chi connectivity index (χ0) is 9.97. The van der Waals surface area contributed by atoms with Crippen LogP contribution in [0, 0.1) is 5.82 Å². The van der Waals surface area contributed by atoms with E-state index in [1.54, 1.807) is 12.3 Å². The van der Waals surface area contributed by atoms with Gasteiger partial charge in [0.25, 0.3) is 0 Å². The van der Waals surface area contributed by atoms with Crippen LogP contribution in [-0.2, 0) is 0 Å². The minimum absolute atomic E-state index is 0.228. The number of hydrogen-bond donors (Lipinski definition) is 0. The molecule has 2 nitrogen and oxygen atoms in total. The third-order valence-electron chi connectivity index (χ3n) is 2.40. The summed E-state index contributed by atoms with van der Waals surface area (Å²) < 4.78 is 13.4. The summed E-state index contributed by atoms with van der Waals surface area (Å²) in [5.41, 5.74) is 0. The Balaban J connectivity index is 2.18. The van der Waals surface area contributed by atoms with E-state index in [0.29, 0.717) is 10.6 Å². The van der Waals surface area contributed by atoms with Gasteiger partial charge in [-0.1, -0.05) is 15.9 Å². The van der Waals surface area contributed by atoms with Gasteiger partial charge in [-0.15, -0.1) is 0 Å². The standard InChI is InChI=1S/C10H12BrFN2/c11-8-3-2-6-14(7-8)10-9(12)4-1-5-13-10/h1,4-5,8H,2-3,6-7H2. The summed E-state index contributed by atoms with van der Waals surface area (Å²) in [4.78, 5) is 6.52. The van der Waals surface area contributed by atoms with Gasteiger partial charge in [0.1, 0.15) is 0 Å². The van der Waals surface area contributed by atoms with Gasteiger partial charge in [-0.25, -0.2) is 9.37 Å². The first kappa shape index (κ1) is 9.90. The highest BCUT2D eigenvalue weighted by molar-refractivity contribution is 9.09. The van der Waals surface area contributed by atoms with Crippen molar-refractivity contribution in [3.05, 3.63) is 24.1 Å². The third-order valence-corrected chi connectivity index (χ3v) is 3.15. The van der Waals surface area contributed by atoms with Crippen molar-refractivity contribution in [1.82, 2.24) is 4.98 Å². The smallest absolute Gasteiger partial charge is 0.165 e. The SMILES string of the molecule is Fc1cccnc1N1CCCC(Br)C1. The molecule has 0 radical (unpaired) electrons. The van der Waals surface area contributed by atoms with Crippen molar-refractivity contribution in [3.8, 4) is 0 Å². The van der Waals surface area contributed by atoms with Crippen LogP contribution in [0.1, 0.15) is 12.8 Å². The minimum atomic E-state index is -0.228. The maximum Gasteiger partial charge on any atom is 0.165 e. The van der Waals surface area contributed by atoms with Crippen molar-refractivity contribution < 1.29 is 4.39 Å². The van der Waals surface area contributed by atoms with Crippen molar-refractivity contribution >= 4 is 21.7 Å². The molecule has 4 heteroatoms. The van der Waals surface area contributed by atoms with E-state index in [1.165, 1.54) is 6.07 Å². The molecule has 2 rings (SSSR count). The first-order chi connectivity index (χ1) is 6.77. The van der Waals surface area contributed by atoms with Crippen LogP contribution < -0.4 is 4.90 Å². The van der Waals surface area contributed by atoms with Crippen LogP contribution in [0.25, 0.3) is 0 Å². The Kier molecular flexibility index (Phi) is 3.01. The number of alkyl halides is 1. The highest BCUT2D eigenvalue weighted by Gasteiger charge is 2.20. The molecule has 0 bridgehead atoms. The lowest BCUT2D eigenvalue weighted by molar-refractivity contribution is 0.561. The number of nitrogens with zero attached hydrogens (tertiary/aromatic N) is 2. The molecule has 14 heavy (non-hydrogen) atoms. The molecule has 1 atom stereocenters. The van der Waals surface area contributed by atoms with Crippen molar-refractivity contribution in [2.75, 3.05) is 18.0 Å². The van der Waals surface area contributed by atoms with E-state index in [9.17, 15) is 4.39 Å². The van der Waals surface area contributed by atoms with Gasteiger partial charge < -0.3 is 4.90 Å². The zero-order valence-electron chi connectivity index (χ0n) is 7.79. The molecular formula is C10H12BrFN2. The number of rotatable bonds is 1. The molecular weight excluding hydrogens is 247 g/mol. The molecule has 0 aromatic carbocycles. The van der Waals surface area contributed by atoms with Gasteiger partial charge in [0.2, 0.25) is 0 Å². The molecule has 1 unspecified atom stereocenters. The van der Waals surface area contributed by atoms with E-state index >= 15 is 0 Å². The van der Waals surface area contributed by atoms with Crippen molar-refractivity contribution in [2.24, 2.45) is 0 Å². The summed E-state index contributed by atoms with van der Waals surface area (Å²) in [7, 11) is 0. The Bertz CT molecular complexity index is 319. The summed E-state index contributed by atoms with van der Waals surface area (Å²) in [6.45, 7) is 1.74. The van der Waals surface area contributed by atoms with Crippen LogP contribution in [0.4, 0.5) is 10.2 Å². The summed E-state index contributed by atoms with van der Waals surface area (Å²) in [5.74, 6) is 0.255. The molecule has 0 amide bonds. The van der Waals surface area contributed by atoms with Crippen LogP contribution >= 0.6 is 15.9 Å². The van der Waals surface area contributed by atoms with Gasteiger partial charge in [-0.2, -0.15) is 0 Å². The van der Waals surface area contributed by atoms with E-state index in [2.05, 4.69) is 20.9 Å². The fraction of sp³-hybridized carbons (Fsp3) is 0.500. The highest BCUT2D eigenvalue weighted by Crippen LogP contribution is 2.23. The van der Waals surface area contributed by atoms with Gasteiger partial charge >= 0.3 is 0 Å². The number of pyridine rings is 1. The second-order valence-electron chi connectivity index (χ2n) is 3.49. The molecule has 2 heterocycles. The number of anilines is 1. The molecule has 1 aromatic heterocycles. The van der Waals surface area contributed by atoms with Crippen molar-refractivity contribution in [3.63, 3.8) is 0 Å². The Morgan fingerprint density at radius 1 is 1.57 bits per heavy atom. The van der Waals surface area contributed by atoms with E-state index in [0.717, 1.165) is 25.9 Å². The molecule has 0 spiro atoms. The lowest BCUT2D eigenvalue weighted by Gasteiger charge is -2.30. The van der Waals surface area contributed by atoms with E-state index < -0.39 is 0 Å². The number of hydrogen-bond acceptors (Lipinski definition) is 2. The monoisotopic (exact) mass is 258 g/mol. The summed E-state index contributed by atoms with van der Waals surface area (Å²) in [5, 5.41) is 0. The van der Waals surface area contributed by atoms with E-state index in [1.807, 2.05) is 4.90 Å². The predicted molar refractivity (Wildman–Crippen MR) is 58.4 cm³/mol. The first-order valence-electron chi connectivity index (χ1n) is 4.77. The van der Waals surface area contributed by atoms with Crippen LogP contribution in [0.15, 0.2) is 18.3 Å². The normalized spacial score (nSPS) is 22.4. The zero-order valence-corrected chi connectivity index (χ0v) is 9.37. The molecule has 0 N–H and O–H groups in total. The Morgan fingerprint density at radius 2 is 2.43 bits per heavy atom. The largest absolute Gasteiger partial charge is 0.353 e. The predicted octanol–water partition coefficient (Wildman–Crippen LogP) is 2.58. The molecule has 0 saturated carbocycles. The Hall–Kier alpha value is -0.640. The lowest BCUT2D eigenvalue weighted by atomic mass is 10.1. The van der Waals surface area contributed by atoms with Crippen molar-refractivity contribution in [1.29, 1.82) is 0 Å². The quantitative estimate of drug-likeness (QED) is 0.720. The number of aromatic nitrogens is 1. The average molecular weight is 259 g/mol. The fourth-order valence-electron chi connectivity index (χ4n) is 1.73. The second kappa shape index (κ2) is 4.26. The second-order valence-corrected chi connectivity index (χ2v) is 4.79. The maximum absolute atomic E-state index is 13.4. The number of piperidine rings is 1. The average Bonchev–Trinajstić information content (AvgIpc) is 2.18. The van der Waals surface area contributed by atoms with Gasteiger partial charge in [-0.3, -0.25) is 0 Å². The molecule has 1 aliphatic heterocycles. The minimum Gasteiger partial charge on any atom is -0.353 e. The van der Waals surface area contributed by atoms with Crippen molar-refractivity contribution in [2.45, 2.75) is 17.7 Å². The van der Waals surface area contributed by atoms with Crippen LogP contribution in [0.2, 0.25) is 0 Å². The highest BCUT2D eigenvalue weighted by atomic mass is 79.9. The third kappa shape index (κ3) is 2.05. The molecule has 1 aromatic rings. The van der Waals surface area contributed by atoms with Crippen LogP contribution in [0.3, 0.4) is 0 Å². The fourth-order valence-corrected chi connectivity index (χ4v) is 2.40. The van der Waals surface area contributed by atoms with Crippen LogP contribution in [0.5, 0.6) is 0 Å². The van der Waals surface area contributed by atoms with Gasteiger partial charge in [-0.05, 0) is 25.0 Å². The number of halogens is 2. The Morgan fingerprint density at radius 3 is 3.14 bits per heavy atom. The topological polar surface area (TPSA) is 16.1 Å². The summed E-state index contributed by atoms with van der Waals surface area (Å²) in [6, 6.07) is 3.08. The molecule has 1 fully saturated rings.